The highest BCUT2D eigenvalue weighted by Gasteiger charge is 2.08. The minimum atomic E-state index is -1.02. The molecule has 0 fully saturated rings. The molecule has 2 aromatic rings. The van der Waals surface area contributed by atoms with Gasteiger partial charge in [-0.2, -0.15) is 0 Å². The molecule has 0 atom stereocenters. The molecule has 0 saturated heterocycles. The Balaban J connectivity index is 1.76. The van der Waals surface area contributed by atoms with E-state index in [4.69, 9.17) is 15.6 Å². The third-order valence-electron chi connectivity index (χ3n) is 2.95. The number of carboxylic acids is 1. The predicted molar refractivity (Wildman–Crippen MR) is 82.9 cm³/mol. The molecule has 0 amide bonds. The normalized spacial score (nSPS) is 10.1. The molecule has 2 rings (SSSR count). The zero-order valence-corrected chi connectivity index (χ0v) is 11.6. The first-order valence-electron chi connectivity index (χ1n) is 6.71. The van der Waals surface area contributed by atoms with Gasteiger partial charge in [0.05, 0.1) is 12.2 Å². The maximum atomic E-state index is 11.0. The van der Waals surface area contributed by atoms with Crippen molar-refractivity contribution in [3.63, 3.8) is 0 Å². The van der Waals surface area contributed by atoms with Crippen LogP contribution in [-0.2, 0) is 0 Å². The molecule has 5 nitrogen and oxygen atoms in total. The number of nitrogens with two attached hydrogens (primary N) is 1. The Kier molecular flexibility index (Phi) is 5.04. The lowest BCUT2D eigenvalue weighted by Crippen LogP contribution is -2.09. The first kappa shape index (κ1) is 14.7. The summed E-state index contributed by atoms with van der Waals surface area (Å²) in [5, 5.41) is 12.2. The highest BCUT2D eigenvalue weighted by Crippen LogP contribution is 2.17. The Morgan fingerprint density at radius 3 is 2.67 bits per heavy atom. The highest BCUT2D eigenvalue weighted by molar-refractivity contribution is 5.94. The van der Waals surface area contributed by atoms with Crippen molar-refractivity contribution >= 4 is 17.3 Å². The fourth-order valence-corrected chi connectivity index (χ4v) is 1.86. The van der Waals surface area contributed by atoms with Gasteiger partial charge in [0.2, 0.25) is 0 Å². The fraction of sp³-hybridized carbons (Fsp3) is 0.188. The quantitative estimate of drug-likeness (QED) is 0.538. The van der Waals surface area contributed by atoms with Crippen molar-refractivity contribution in [1.82, 2.24) is 0 Å². The van der Waals surface area contributed by atoms with E-state index in [1.807, 2.05) is 30.3 Å². The molecule has 0 aliphatic heterocycles. The Morgan fingerprint density at radius 1 is 1.19 bits per heavy atom. The zero-order chi connectivity index (χ0) is 15.1. The van der Waals surface area contributed by atoms with E-state index in [0.29, 0.717) is 13.2 Å². The van der Waals surface area contributed by atoms with Crippen molar-refractivity contribution in [1.29, 1.82) is 0 Å². The summed E-state index contributed by atoms with van der Waals surface area (Å²) in [5.41, 5.74) is 6.72. The van der Waals surface area contributed by atoms with Crippen molar-refractivity contribution in [3.8, 4) is 5.75 Å². The third-order valence-corrected chi connectivity index (χ3v) is 2.95. The van der Waals surface area contributed by atoms with Crippen LogP contribution < -0.4 is 15.8 Å². The summed E-state index contributed by atoms with van der Waals surface area (Å²) >= 11 is 0. The van der Waals surface area contributed by atoms with E-state index in [9.17, 15) is 4.79 Å². The molecule has 5 heteroatoms. The van der Waals surface area contributed by atoms with Crippen LogP contribution >= 0.6 is 0 Å². The number of para-hydroxylation sites is 1. The molecule has 0 bridgehead atoms. The van der Waals surface area contributed by atoms with E-state index >= 15 is 0 Å². The molecule has 110 valence electrons. The molecular weight excluding hydrogens is 268 g/mol. The smallest absolute Gasteiger partial charge is 0.337 e. The maximum Gasteiger partial charge on any atom is 0.337 e. The highest BCUT2D eigenvalue weighted by atomic mass is 16.5. The molecular formula is C16H18N2O3. The molecule has 0 heterocycles. The van der Waals surface area contributed by atoms with Gasteiger partial charge in [0.15, 0.2) is 0 Å². The largest absolute Gasteiger partial charge is 0.494 e. The number of ether oxygens (including phenoxy) is 1. The number of anilines is 2. The number of benzene rings is 2. The van der Waals surface area contributed by atoms with Gasteiger partial charge in [0.25, 0.3) is 0 Å². The van der Waals surface area contributed by atoms with Crippen LogP contribution in [0, 0.1) is 0 Å². The van der Waals surface area contributed by atoms with Gasteiger partial charge in [-0.25, -0.2) is 4.79 Å². The van der Waals surface area contributed by atoms with E-state index < -0.39 is 5.97 Å². The van der Waals surface area contributed by atoms with Gasteiger partial charge in [0, 0.05) is 17.9 Å². The van der Waals surface area contributed by atoms with Crippen LogP contribution in [0.1, 0.15) is 16.8 Å². The second-order valence-corrected chi connectivity index (χ2v) is 4.55. The van der Waals surface area contributed by atoms with Crippen molar-refractivity contribution in [2.75, 3.05) is 24.2 Å². The van der Waals surface area contributed by atoms with Crippen LogP contribution in [0.5, 0.6) is 5.75 Å². The lowest BCUT2D eigenvalue weighted by Gasteiger charge is -2.09. The molecule has 2 aromatic carbocycles. The molecule has 0 saturated carbocycles. The Labute approximate surface area is 123 Å². The summed E-state index contributed by atoms with van der Waals surface area (Å²) < 4.78 is 5.57. The average Bonchev–Trinajstić information content (AvgIpc) is 2.49. The SMILES string of the molecule is Nc1ccc(NCCCOc2ccccc2)cc1C(=O)O. The Bertz CT molecular complexity index is 600. The minimum Gasteiger partial charge on any atom is -0.494 e. The van der Waals surface area contributed by atoms with Crippen LogP contribution in [0.25, 0.3) is 0 Å². The molecule has 21 heavy (non-hydrogen) atoms. The van der Waals surface area contributed by atoms with Crippen LogP contribution in [-0.4, -0.2) is 24.2 Å². The van der Waals surface area contributed by atoms with Crippen LogP contribution in [0.2, 0.25) is 0 Å². The van der Waals surface area contributed by atoms with Gasteiger partial charge < -0.3 is 20.9 Å². The summed E-state index contributed by atoms with van der Waals surface area (Å²) in [5.74, 6) is -0.179. The van der Waals surface area contributed by atoms with Crippen molar-refractivity contribution < 1.29 is 14.6 Å². The summed E-state index contributed by atoms with van der Waals surface area (Å²) in [6, 6.07) is 14.5. The number of carbonyl (C=O) groups is 1. The molecule has 0 unspecified atom stereocenters. The molecule has 0 aromatic heterocycles. The van der Waals surface area contributed by atoms with Crippen LogP contribution in [0.3, 0.4) is 0 Å². The van der Waals surface area contributed by atoms with E-state index in [0.717, 1.165) is 17.9 Å². The first-order valence-corrected chi connectivity index (χ1v) is 6.71. The number of nitrogens with one attached hydrogen (secondary N) is 1. The number of aromatic carboxylic acids is 1. The molecule has 0 aliphatic carbocycles. The lowest BCUT2D eigenvalue weighted by molar-refractivity contribution is 0.0698. The van der Waals surface area contributed by atoms with Gasteiger partial charge in [-0.15, -0.1) is 0 Å². The number of hydrogen-bond acceptors (Lipinski definition) is 4. The Morgan fingerprint density at radius 2 is 1.95 bits per heavy atom. The topological polar surface area (TPSA) is 84.6 Å². The summed E-state index contributed by atoms with van der Waals surface area (Å²) in [6.07, 6.45) is 0.807. The number of nitrogen functional groups attached to an aromatic ring is 1. The van der Waals surface area contributed by atoms with Crippen LogP contribution in [0.4, 0.5) is 11.4 Å². The monoisotopic (exact) mass is 286 g/mol. The zero-order valence-electron chi connectivity index (χ0n) is 11.6. The van der Waals surface area contributed by atoms with E-state index in [1.54, 1.807) is 12.1 Å². The Hall–Kier alpha value is -2.69. The first-order chi connectivity index (χ1) is 10.2. The number of carboxylic acid groups (broad SMARTS) is 1. The maximum absolute atomic E-state index is 11.0. The molecule has 4 N–H and O–H groups in total. The lowest BCUT2D eigenvalue weighted by atomic mass is 10.1. The van der Waals surface area contributed by atoms with E-state index in [1.165, 1.54) is 6.07 Å². The minimum absolute atomic E-state index is 0.112. The summed E-state index contributed by atoms with van der Waals surface area (Å²) in [7, 11) is 0. The van der Waals surface area contributed by atoms with Gasteiger partial charge in [0.1, 0.15) is 5.75 Å². The van der Waals surface area contributed by atoms with Crippen LogP contribution in [0.15, 0.2) is 48.5 Å². The van der Waals surface area contributed by atoms with Gasteiger partial charge in [-0.05, 0) is 36.8 Å². The third kappa shape index (κ3) is 4.42. The number of hydrogen-bond donors (Lipinski definition) is 3. The molecule has 0 radical (unpaired) electrons. The second-order valence-electron chi connectivity index (χ2n) is 4.55. The average molecular weight is 286 g/mol. The van der Waals surface area contributed by atoms with E-state index in [-0.39, 0.29) is 11.3 Å². The van der Waals surface area contributed by atoms with Gasteiger partial charge in [-0.3, -0.25) is 0 Å². The predicted octanol–water partition coefficient (Wildman–Crippen LogP) is 2.85. The van der Waals surface area contributed by atoms with Gasteiger partial charge in [-0.1, -0.05) is 18.2 Å². The van der Waals surface area contributed by atoms with Crippen molar-refractivity contribution in [2.24, 2.45) is 0 Å². The van der Waals surface area contributed by atoms with Gasteiger partial charge >= 0.3 is 5.97 Å². The van der Waals surface area contributed by atoms with Crippen molar-refractivity contribution in [2.45, 2.75) is 6.42 Å². The standard InChI is InChI=1S/C16H18N2O3/c17-15-8-7-12(11-14(15)16(19)20)18-9-4-10-21-13-5-2-1-3-6-13/h1-3,5-8,11,18H,4,9-10,17H2,(H,19,20). The van der Waals surface area contributed by atoms with E-state index in [2.05, 4.69) is 5.32 Å². The molecule has 0 spiro atoms. The summed E-state index contributed by atoms with van der Waals surface area (Å²) in [4.78, 5) is 11.0. The number of rotatable bonds is 7. The van der Waals surface area contributed by atoms with Crippen molar-refractivity contribution in [3.05, 3.63) is 54.1 Å². The molecule has 0 aliphatic rings. The summed E-state index contributed by atoms with van der Waals surface area (Å²) in [6.45, 7) is 1.29. The second kappa shape index (κ2) is 7.19. The fourth-order valence-electron chi connectivity index (χ4n) is 1.86.